The molecule has 23 heavy (non-hydrogen) atoms. The number of hydrogen-bond acceptors (Lipinski definition) is 3. The molecule has 0 aliphatic heterocycles. The van der Waals surface area contributed by atoms with Crippen LogP contribution in [0.15, 0.2) is 59.5 Å². The van der Waals surface area contributed by atoms with Crippen LogP contribution >= 0.6 is 11.8 Å². The van der Waals surface area contributed by atoms with Crippen molar-refractivity contribution in [3.05, 3.63) is 60.2 Å². The van der Waals surface area contributed by atoms with Gasteiger partial charge in [0.2, 0.25) is 5.91 Å². The fourth-order valence-corrected chi connectivity index (χ4v) is 3.09. The van der Waals surface area contributed by atoms with Gasteiger partial charge in [0.15, 0.2) is 0 Å². The Balaban J connectivity index is 1.90. The first-order chi connectivity index (χ1) is 11.1. The van der Waals surface area contributed by atoms with Gasteiger partial charge in [0.1, 0.15) is 5.75 Å². The van der Waals surface area contributed by atoms with E-state index in [1.165, 1.54) is 0 Å². The van der Waals surface area contributed by atoms with E-state index in [4.69, 9.17) is 4.74 Å². The molecule has 1 amide bonds. The molecule has 1 N–H and O–H groups in total. The van der Waals surface area contributed by atoms with Crippen LogP contribution in [0.5, 0.6) is 5.75 Å². The molecule has 0 spiro atoms. The standard InChI is InChI=1S/C19H23NO2S/c1-4-22-17-12-10-16(11-13-17)14(2)20-19(21)15(3)23-18-8-6-5-7-9-18/h5-15H,4H2,1-3H3,(H,20,21)/t14-,15-/m0/s1. The van der Waals surface area contributed by atoms with Crippen LogP contribution < -0.4 is 10.1 Å². The molecule has 3 nitrogen and oxygen atoms in total. The third kappa shape index (κ3) is 5.32. The molecule has 0 fully saturated rings. The molecule has 2 atom stereocenters. The van der Waals surface area contributed by atoms with Crippen LogP contribution in [0, 0.1) is 0 Å². The van der Waals surface area contributed by atoms with E-state index < -0.39 is 0 Å². The Hall–Kier alpha value is -1.94. The summed E-state index contributed by atoms with van der Waals surface area (Å²) in [5.74, 6) is 0.892. The predicted molar refractivity (Wildman–Crippen MR) is 95.9 cm³/mol. The Morgan fingerprint density at radius 1 is 1.09 bits per heavy atom. The van der Waals surface area contributed by atoms with E-state index in [0.717, 1.165) is 16.2 Å². The molecular weight excluding hydrogens is 306 g/mol. The number of nitrogens with one attached hydrogen (secondary N) is 1. The summed E-state index contributed by atoms with van der Waals surface area (Å²) in [6, 6.07) is 17.8. The summed E-state index contributed by atoms with van der Waals surface area (Å²) in [6.07, 6.45) is 0. The molecule has 0 radical (unpaired) electrons. The van der Waals surface area contributed by atoms with Gasteiger partial charge >= 0.3 is 0 Å². The van der Waals surface area contributed by atoms with Crippen LogP contribution in [0.1, 0.15) is 32.4 Å². The van der Waals surface area contributed by atoms with Crippen LogP contribution in [0.3, 0.4) is 0 Å². The molecule has 0 aliphatic rings. The molecular formula is C19H23NO2S. The number of benzene rings is 2. The summed E-state index contributed by atoms with van der Waals surface area (Å²) in [6.45, 7) is 6.54. The van der Waals surface area contributed by atoms with Gasteiger partial charge in [-0.15, -0.1) is 11.8 Å². The van der Waals surface area contributed by atoms with Gasteiger partial charge < -0.3 is 10.1 Å². The minimum absolute atomic E-state index is 0.0306. The molecule has 2 aromatic rings. The fraction of sp³-hybridized carbons (Fsp3) is 0.316. The molecule has 0 aliphatic carbocycles. The largest absolute Gasteiger partial charge is 0.494 e. The summed E-state index contributed by atoms with van der Waals surface area (Å²) in [7, 11) is 0. The fourth-order valence-electron chi connectivity index (χ4n) is 2.19. The lowest BCUT2D eigenvalue weighted by molar-refractivity contribution is -0.120. The molecule has 0 bridgehead atoms. The number of thioether (sulfide) groups is 1. The number of carbonyl (C=O) groups is 1. The maximum atomic E-state index is 12.3. The molecule has 0 saturated carbocycles. The zero-order chi connectivity index (χ0) is 16.7. The zero-order valence-electron chi connectivity index (χ0n) is 13.8. The normalized spacial score (nSPS) is 13.2. The highest BCUT2D eigenvalue weighted by Crippen LogP contribution is 2.24. The minimum Gasteiger partial charge on any atom is -0.494 e. The maximum absolute atomic E-state index is 12.3. The van der Waals surface area contributed by atoms with Gasteiger partial charge in [-0.05, 0) is 50.6 Å². The first-order valence-corrected chi connectivity index (χ1v) is 8.73. The average Bonchev–Trinajstić information content (AvgIpc) is 2.56. The van der Waals surface area contributed by atoms with Gasteiger partial charge in [0, 0.05) is 4.90 Å². The summed E-state index contributed by atoms with van der Waals surface area (Å²) >= 11 is 1.57. The Labute approximate surface area is 142 Å². The lowest BCUT2D eigenvalue weighted by atomic mass is 10.1. The predicted octanol–water partition coefficient (Wildman–Crippen LogP) is 4.44. The molecule has 0 heterocycles. The summed E-state index contributed by atoms with van der Waals surface area (Å²) < 4.78 is 5.44. The third-order valence-electron chi connectivity index (χ3n) is 3.48. The SMILES string of the molecule is CCOc1ccc([C@H](C)NC(=O)[C@H](C)Sc2ccccc2)cc1. The third-order valence-corrected chi connectivity index (χ3v) is 4.59. The summed E-state index contributed by atoms with van der Waals surface area (Å²) in [5.41, 5.74) is 1.07. The van der Waals surface area contributed by atoms with Crippen LogP contribution in [0.4, 0.5) is 0 Å². The Morgan fingerprint density at radius 3 is 2.35 bits per heavy atom. The van der Waals surface area contributed by atoms with E-state index in [1.807, 2.05) is 75.4 Å². The van der Waals surface area contributed by atoms with Crippen molar-refractivity contribution in [3.63, 3.8) is 0 Å². The first-order valence-electron chi connectivity index (χ1n) is 7.85. The van der Waals surface area contributed by atoms with Crippen LogP contribution in [-0.2, 0) is 4.79 Å². The Morgan fingerprint density at radius 2 is 1.74 bits per heavy atom. The first kappa shape index (κ1) is 17.4. The second-order valence-corrected chi connectivity index (χ2v) is 6.72. The van der Waals surface area contributed by atoms with Crippen molar-refractivity contribution in [2.24, 2.45) is 0 Å². The molecule has 2 rings (SSSR count). The van der Waals surface area contributed by atoms with Crippen molar-refractivity contribution in [1.82, 2.24) is 5.32 Å². The molecule has 0 unspecified atom stereocenters. The molecule has 122 valence electrons. The maximum Gasteiger partial charge on any atom is 0.233 e. The van der Waals surface area contributed by atoms with Crippen molar-refractivity contribution >= 4 is 17.7 Å². The zero-order valence-corrected chi connectivity index (χ0v) is 14.6. The van der Waals surface area contributed by atoms with E-state index in [-0.39, 0.29) is 17.2 Å². The van der Waals surface area contributed by atoms with Crippen molar-refractivity contribution in [3.8, 4) is 5.75 Å². The van der Waals surface area contributed by atoms with E-state index in [0.29, 0.717) is 6.61 Å². The van der Waals surface area contributed by atoms with Crippen LogP contribution in [-0.4, -0.2) is 17.8 Å². The van der Waals surface area contributed by atoms with E-state index >= 15 is 0 Å². The monoisotopic (exact) mass is 329 g/mol. The van der Waals surface area contributed by atoms with Gasteiger partial charge in [0.05, 0.1) is 17.9 Å². The number of rotatable bonds is 7. The van der Waals surface area contributed by atoms with E-state index in [1.54, 1.807) is 11.8 Å². The van der Waals surface area contributed by atoms with Crippen molar-refractivity contribution in [1.29, 1.82) is 0 Å². The Bertz CT molecular complexity index is 613. The highest BCUT2D eigenvalue weighted by Gasteiger charge is 2.17. The van der Waals surface area contributed by atoms with Crippen molar-refractivity contribution in [2.45, 2.75) is 37.0 Å². The Kier molecular flexibility index (Phi) is 6.53. The van der Waals surface area contributed by atoms with E-state index in [2.05, 4.69) is 5.32 Å². The number of amides is 1. The van der Waals surface area contributed by atoms with Crippen LogP contribution in [0.25, 0.3) is 0 Å². The second-order valence-electron chi connectivity index (χ2n) is 5.31. The highest BCUT2D eigenvalue weighted by molar-refractivity contribution is 8.00. The molecule has 4 heteroatoms. The smallest absolute Gasteiger partial charge is 0.233 e. The van der Waals surface area contributed by atoms with Crippen molar-refractivity contribution in [2.75, 3.05) is 6.61 Å². The van der Waals surface area contributed by atoms with Gasteiger partial charge in [-0.25, -0.2) is 0 Å². The molecule has 0 saturated heterocycles. The molecule has 2 aromatic carbocycles. The lowest BCUT2D eigenvalue weighted by Crippen LogP contribution is -2.33. The minimum atomic E-state index is -0.137. The summed E-state index contributed by atoms with van der Waals surface area (Å²) in [4.78, 5) is 13.4. The number of carbonyl (C=O) groups excluding carboxylic acids is 1. The lowest BCUT2D eigenvalue weighted by Gasteiger charge is -2.18. The van der Waals surface area contributed by atoms with E-state index in [9.17, 15) is 4.79 Å². The van der Waals surface area contributed by atoms with Gasteiger partial charge in [-0.3, -0.25) is 4.79 Å². The quantitative estimate of drug-likeness (QED) is 0.763. The summed E-state index contributed by atoms with van der Waals surface area (Å²) in [5, 5.41) is 2.93. The topological polar surface area (TPSA) is 38.3 Å². The van der Waals surface area contributed by atoms with Gasteiger partial charge in [0.25, 0.3) is 0 Å². The second kappa shape index (κ2) is 8.63. The van der Waals surface area contributed by atoms with Gasteiger partial charge in [-0.2, -0.15) is 0 Å². The van der Waals surface area contributed by atoms with Crippen molar-refractivity contribution < 1.29 is 9.53 Å². The molecule has 0 aromatic heterocycles. The number of ether oxygens (including phenoxy) is 1. The highest BCUT2D eigenvalue weighted by atomic mass is 32.2. The number of hydrogen-bond donors (Lipinski definition) is 1. The average molecular weight is 329 g/mol. The van der Waals surface area contributed by atoms with Gasteiger partial charge in [-0.1, -0.05) is 30.3 Å². The van der Waals surface area contributed by atoms with Crippen LogP contribution in [0.2, 0.25) is 0 Å².